The van der Waals surface area contributed by atoms with Gasteiger partial charge in [0.2, 0.25) is 0 Å². The fourth-order valence-electron chi connectivity index (χ4n) is 3.25. The van der Waals surface area contributed by atoms with E-state index in [1.54, 1.807) is 0 Å². The van der Waals surface area contributed by atoms with Crippen molar-refractivity contribution < 1.29 is 8.78 Å². The molecule has 1 aromatic heterocycles. The highest BCUT2D eigenvalue weighted by Gasteiger charge is 2.29. The van der Waals surface area contributed by atoms with Crippen molar-refractivity contribution >= 4 is 5.82 Å². The van der Waals surface area contributed by atoms with E-state index in [0.29, 0.717) is 11.6 Å². The quantitative estimate of drug-likeness (QED) is 0.829. The van der Waals surface area contributed by atoms with E-state index >= 15 is 0 Å². The van der Waals surface area contributed by atoms with Gasteiger partial charge in [-0.3, -0.25) is 4.90 Å². The summed E-state index contributed by atoms with van der Waals surface area (Å²) in [7, 11) is 0. The minimum absolute atomic E-state index is 0.140. The SMILES string of the molecule is FC(F)c1cc(N2CCN(Cc3ccccc3)CC2)nc(C2CC2)n1. The molecule has 0 unspecified atom stereocenters. The van der Waals surface area contributed by atoms with E-state index in [0.717, 1.165) is 45.6 Å². The highest BCUT2D eigenvalue weighted by Crippen LogP contribution is 2.39. The summed E-state index contributed by atoms with van der Waals surface area (Å²) in [5, 5.41) is 0. The molecule has 2 heterocycles. The van der Waals surface area contributed by atoms with Crippen LogP contribution in [0.4, 0.5) is 14.6 Å². The molecule has 2 fully saturated rings. The van der Waals surface area contributed by atoms with Gasteiger partial charge in [-0.1, -0.05) is 30.3 Å². The predicted octanol–water partition coefficient (Wildman–Crippen LogP) is 3.61. The van der Waals surface area contributed by atoms with Crippen molar-refractivity contribution in [3.63, 3.8) is 0 Å². The third-order valence-electron chi connectivity index (χ3n) is 4.86. The molecular weight excluding hydrogens is 322 g/mol. The summed E-state index contributed by atoms with van der Waals surface area (Å²) < 4.78 is 26.3. The monoisotopic (exact) mass is 344 g/mol. The number of hydrogen-bond donors (Lipinski definition) is 0. The molecule has 132 valence electrons. The molecule has 0 radical (unpaired) electrons. The number of alkyl halides is 2. The number of rotatable bonds is 5. The summed E-state index contributed by atoms with van der Waals surface area (Å²) >= 11 is 0. The first kappa shape index (κ1) is 16.4. The van der Waals surface area contributed by atoms with Crippen molar-refractivity contribution in [3.05, 3.63) is 53.5 Å². The Hall–Kier alpha value is -2.08. The largest absolute Gasteiger partial charge is 0.354 e. The average molecular weight is 344 g/mol. The first-order chi connectivity index (χ1) is 12.2. The Balaban J connectivity index is 1.43. The summed E-state index contributed by atoms with van der Waals surface area (Å²) in [6.45, 7) is 4.34. The zero-order valence-electron chi connectivity index (χ0n) is 14.1. The van der Waals surface area contributed by atoms with Crippen molar-refractivity contribution in [1.82, 2.24) is 14.9 Å². The highest BCUT2D eigenvalue weighted by molar-refractivity contribution is 5.41. The lowest BCUT2D eigenvalue weighted by atomic mass is 10.2. The van der Waals surface area contributed by atoms with E-state index in [9.17, 15) is 8.78 Å². The van der Waals surface area contributed by atoms with Crippen LogP contribution in [0.15, 0.2) is 36.4 Å². The molecule has 1 aliphatic carbocycles. The Kier molecular flexibility index (Phi) is 4.61. The number of hydrogen-bond acceptors (Lipinski definition) is 4. The van der Waals surface area contributed by atoms with Gasteiger partial charge >= 0.3 is 0 Å². The molecule has 0 N–H and O–H groups in total. The first-order valence-electron chi connectivity index (χ1n) is 8.87. The van der Waals surface area contributed by atoms with Crippen LogP contribution in [-0.2, 0) is 6.54 Å². The smallest absolute Gasteiger partial charge is 0.280 e. The van der Waals surface area contributed by atoms with Crippen LogP contribution in [0.25, 0.3) is 0 Å². The normalized spacial score (nSPS) is 18.8. The highest BCUT2D eigenvalue weighted by atomic mass is 19.3. The molecule has 1 aromatic carbocycles. The maximum Gasteiger partial charge on any atom is 0.280 e. The second kappa shape index (κ2) is 7.04. The van der Waals surface area contributed by atoms with Gasteiger partial charge in [-0.25, -0.2) is 18.7 Å². The van der Waals surface area contributed by atoms with E-state index in [1.165, 1.54) is 11.6 Å². The zero-order chi connectivity index (χ0) is 17.2. The Morgan fingerprint density at radius 2 is 1.72 bits per heavy atom. The average Bonchev–Trinajstić information content (AvgIpc) is 3.48. The van der Waals surface area contributed by atoms with Gasteiger partial charge in [-0.2, -0.15) is 0 Å². The lowest BCUT2D eigenvalue weighted by Gasteiger charge is -2.35. The minimum Gasteiger partial charge on any atom is -0.354 e. The fraction of sp³-hybridized carbons (Fsp3) is 0.474. The van der Waals surface area contributed by atoms with Crippen LogP contribution < -0.4 is 4.90 Å². The molecule has 1 saturated carbocycles. The van der Waals surface area contributed by atoms with Gasteiger partial charge in [0.1, 0.15) is 17.3 Å². The van der Waals surface area contributed by atoms with Crippen LogP contribution in [0.5, 0.6) is 0 Å². The van der Waals surface area contributed by atoms with Crippen LogP contribution in [0, 0.1) is 0 Å². The molecule has 1 aliphatic heterocycles. The molecule has 2 aliphatic rings. The maximum absolute atomic E-state index is 13.2. The van der Waals surface area contributed by atoms with Crippen LogP contribution in [-0.4, -0.2) is 41.0 Å². The second-order valence-electron chi connectivity index (χ2n) is 6.83. The predicted molar refractivity (Wildman–Crippen MR) is 92.9 cm³/mol. The van der Waals surface area contributed by atoms with Crippen molar-refractivity contribution in [1.29, 1.82) is 0 Å². The lowest BCUT2D eigenvalue weighted by molar-refractivity contribution is 0.145. The van der Waals surface area contributed by atoms with E-state index in [2.05, 4.69) is 44.0 Å². The van der Waals surface area contributed by atoms with Gasteiger partial charge in [0.15, 0.2) is 0 Å². The van der Waals surface area contributed by atoms with E-state index in [4.69, 9.17) is 0 Å². The Morgan fingerprint density at radius 1 is 1.00 bits per heavy atom. The number of halogens is 2. The standard InChI is InChI=1S/C19H22F2N4/c20-18(21)16-12-17(23-19(22-16)15-6-7-15)25-10-8-24(9-11-25)13-14-4-2-1-3-5-14/h1-5,12,15,18H,6-11,13H2. The van der Waals surface area contributed by atoms with Crippen LogP contribution in [0.3, 0.4) is 0 Å². The molecule has 0 bridgehead atoms. The molecule has 4 nitrogen and oxygen atoms in total. The third-order valence-corrected chi connectivity index (χ3v) is 4.86. The third kappa shape index (κ3) is 3.95. The van der Waals surface area contributed by atoms with Crippen molar-refractivity contribution in [2.45, 2.75) is 31.7 Å². The van der Waals surface area contributed by atoms with Crippen molar-refractivity contribution in [2.24, 2.45) is 0 Å². The topological polar surface area (TPSA) is 32.3 Å². The number of nitrogens with zero attached hydrogens (tertiary/aromatic N) is 4. The second-order valence-corrected chi connectivity index (χ2v) is 6.83. The summed E-state index contributed by atoms with van der Waals surface area (Å²) in [5.41, 5.74) is 1.16. The molecule has 0 atom stereocenters. The Bertz CT molecular complexity index is 690. The molecule has 6 heteroatoms. The van der Waals surface area contributed by atoms with Crippen LogP contribution in [0.2, 0.25) is 0 Å². The van der Waals surface area contributed by atoms with Crippen molar-refractivity contribution in [2.75, 3.05) is 31.1 Å². The molecule has 25 heavy (non-hydrogen) atoms. The van der Waals surface area contributed by atoms with Crippen LogP contribution in [0.1, 0.15) is 42.3 Å². The van der Waals surface area contributed by atoms with Gasteiger partial charge in [0.05, 0.1) is 0 Å². The number of aromatic nitrogens is 2. The van der Waals surface area contributed by atoms with E-state index < -0.39 is 6.43 Å². The molecule has 4 rings (SSSR count). The van der Waals surface area contributed by atoms with E-state index in [-0.39, 0.29) is 11.6 Å². The number of benzene rings is 1. The molecule has 0 amide bonds. The first-order valence-corrected chi connectivity index (χ1v) is 8.87. The molecule has 0 spiro atoms. The Morgan fingerprint density at radius 3 is 2.36 bits per heavy atom. The Labute approximate surface area is 146 Å². The lowest BCUT2D eigenvalue weighted by Crippen LogP contribution is -2.46. The summed E-state index contributed by atoms with van der Waals surface area (Å²) in [6, 6.07) is 11.9. The summed E-state index contributed by atoms with van der Waals surface area (Å²) in [5.74, 6) is 1.53. The van der Waals surface area contributed by atoms with Crippen LogP contribution >= 0.6 is 0 Å². The van der Waals surface area contributed by atoms with Gasteiger partial charge in [-0.15, -0.1) is 0 Å². The maximum atomic E-state index is 13.2. The number of anilines is 1. The van der Waals surface area contributed by atoms with Gasteiger partial charge < -0.3 is 4.90 Å². The minimum atomic E-state index is -2.54. The zero-order valence-corrected chi connectivity index (χ0v) is 14.1. The fourth-order valence-corrected chi connectivity index (χ4v) is 3.25. The van der Waals surface area contributed by atoms with Gasteiger partial charge in [0.25, 0.3) is 6.43 Å². The van der Waals surface area contributed by atoms with E-state index in [1.807, 2.05) is 6.07 Å². The van der Waals surface area contributed by atoms with Gasteiger partial charge in [0, 0.05) is 44.7 Å². The molecule has 1 saturated heterocycles. The molecule has 2 aromatic rings. The molecular formula is C19H22F2N4. The summed E-state index contributed by atoms with van der Waals surface area (Å²) in [6.07, 6.45) is -0.521. The number of piperazine rings is 1. The summed E-state index contributed by atoms with van der Waals surface area (Å²) in [4.78, 5) is 13.1. The van der Waals surface area contributed by atoms with Crippen molar-refractivity contribution in [3.8, 4) is 0 Å². The van der Waals surface area contributed by atoms with Gasteiger partial charge in [-0.05, 0) is 18.4 Å².